The first-order valence-electron chi connectivity index (χ1n) is 4.94. The molecule has 0 spiro atoms. The molecule has 15 heavy (non-hydrogen) atoms. The molecule has 0 aliphatic rings. The molecule has 0 amide bonds. The van der Waals surface area contributed by atoms with Crippen LogP contribution in [0.2, 0.25) is 0 Å². The predicted molar refractivity (Wildman–Crippen MR) is 59.5 cm³/mol. The van der Waals surface area contributed by atoms with Crippen molar-refractivity contribution in [2.75, 3.05) is 32.1 Å². The fourth-order valence-electron chi connectivity index (χ4n) is 1.44. The van der Waals surface area contributed by atoms with Gasteiger partial charge in [-0.05, 0) is 24.7 Å². The molecule has 84 valence electrons. The highest BCUT2D eigenvalue weighted by molar-refractivity contribution is 5.49. The number of aliphatic hydroxyl groups excluding tert-OH is 1. The molecule has 0 radical (unpaired) electrons. The van der Waals surface area contributed by atoms with Crippen LogP contribution in [0.15, 0.2) is 18.2 Å². The van der Waals surface area contributed by atoms with E-state index in [4.69, 9.17) is 5.11 Å². The van der Waals surface area contributed by atoms with Crippen LogP contribution in [0, 0.1) is 5.82 Å². The number of likely N-dealkylation sites (N-methyl/N-ethyl adjacent to an activating group) is 1. The minimum absolute atomic E-state index is 0.0200. The van der Waals surface area contributed by atoms with Crippen LogP contribution in [0.25, 0.3) is 0 Å². The predicted octanol–water partition coefficient (Wildman–Crippen LogP) is 0.974. The van der Waals surface area contributed by atoms with E-state index in [1.807, 2.05) is 7.05 Å². The van der Waals surface area contributed by atoms with Gasteiger partial charge in [0.25, 0.3) is 0 Å². The number of nitrogens with one attached hydrogen (secondary N) is 1. The van der Waals surface area contributed by atoms with Gasteiger partial charge in [0.05, 0.1) is 12.3 Å². The van der Waals surface area contributed by atoms with Crippen LogP contribution < -0.4 is 10.2 Å². The van der Waals surface area contributed by atoms with E-state index in [9.17, 15) is 4.39 Å². The number of hydrogen-bond donors (Lipinski definition) is 2. The van der Waals surface area contributed by atoms with Crippen molar-refractivity contribution in [2.45, 2.75) is 6.54 Å². The molecule has 0 aliphatic carbocycles. The van der Waals surface area contributed by atoms with Gasteiger partial charge in [-0.25, -0.2) is 4.39 Å². The highest BCUT2D eigenvalue weighted by Crippen LogP contribution is 2.19. The Bertz CT molecular complexity index is 317. The number of benzene rings is 1. The van der Waals surface area contributed by atoms with Gasteiger partial charge in [-0.2, -0.15) is 0 Å². The fraction of sp³-hybridized carbons (Fsp3) is 0.455. The molecule has 0 atom stereocenters. The molecule has 0 heterocycles. The molecule has 0 aliphatic heterocycles. The standard InChI is InChI=1S/C11H17FN2O/c1-13-8-9-3-4-10(12)11(7-9)14(2)5-6-15/h3-4,7,13,15H,5-6,8H2,1-2H3. The van der Waals surface area contributed by atoms with Gasteiger partial charge in [0.2, 0.25) is 0 Å². The maximum Gasteiger partial charge on any atom is 0.146 e. The third-order valence-electron chi connectivity index (χ3n) is 2.24. The van der Waals surface area contributed by atoms with Crippen LogP contribution in [0.3, 0.4) is 0 Å². The maximum absolute atomic E-state index is 13.4. The molecule has 0 saturated carbocycles. The molecular formula is C11H17FN2O. The van der Waals surface area contributed by atoms with E-state index >= 15 is 0 Å². The van der Waals surface area contributed by atoms with Crippen LogP contribution in [0.5, 0.6) is 0 Å². The van der Waals surface area contributed by atoms with Gasteiger partial charge < -0.3 is 15.3 Å². The Labute approximate surface area is 89.5 Å². The van der Waals surface area contributed by atoms with Crippen LogP contribution >= 0.6 is 0 Å². The number of nitrogens with zero attached hydrogens (tertiary/aromatic N) is 1. The van der Waals surface area contributed by atoms with Crippen LogP contribution in [-0.4, -0.2) is 32.4 Å². The number of rotatable bonds is 5. The monoisotopic (exact) mass is 212 g/mol. The SMILES string of the molecule is CNCc1ccc(F)c(N(C)CCO)c1. The summed E-state index contributed by atoms with van der Waals surface area (Å²) in [4.78, 5) is 1.70. The highest BCUT2D eigenvalue weighted by atomic mass is 19.1. The highest BCUT2D eigenvalue weighted by Gasteiger charge is 2.07. The largest absolute Gasteiger partial charge is 0.395 e. The second kappa shape index (κ2) is 5.68. The maximum atomic E-state index is 13.4. The zero-order valence-corrected chi connectivity index (χ0v) is 9.13. The minimum atomic E-state index is -0.259. The van der Waals surface area contributed by atoms with Gasteiger partial charge in [0.1, 0.15) is 5.82 Å². The van der Waals surface area contributed by atoms with Gasteiger partial charge in [-0.15, -0.1) is 0 Å². The van der Waals surface area contributed by atoms with E-state index in [2.05, 4.69) is 5.32 Å². The van der Waals surface area contributed by atoms with Gasteiger partial charge >= 0.3 is 0 Å². The summed E-state index contributed by atoms with van der Waals surface area (Å²) in [6.07, 6.45) is 0. The van der Waals surface area contributed by atoms with E-state index in [0.29, 0.717) is 18.8 Å². The first kappa shape index (κ1) is 11.9. The molecule has 1 aromatic carbocycles. The molecule has 0 fully saturated rings. The van der Waals surface area contributed by atoms with Crippen molar-refractivity contribution in [2.24, 2.45) is 0 Å². The summed E-state index contributed by atoms with van der Waals surface area (Å²) in [6, 6.07) is 5.00. The van der Waals surface area contributed by atoms with Gasteiger partial charge in [-0.3, -0.25) is 0 Å². The summed E-state index contributed by atoms with van der Waals surface area (Å²) in [5.41, 5.74) is 1.55. The second-order valence-electron chi connectivity index (χ2n) is 3.46. The summed E-state index contributed by atoms with van der Waals surface area (Å²) >= 11 is 0. The third kappa shape index (κ3) is 3.18. The van der Waals surface area contributed by atoms with Crippen molar-refractivity contribution in [3.63, 3.8) is 0 Å². The van der Waals surface area contributed by atoms with Crippen molar-refractivity contribution in [3.05, 3.63) is 29.6 Å². The Morgan fingerprint density at radius 3 is 2.80 bits per heavy atom. The summed E-state index contributed by atoms with van der Waals surface area (Å²) in [6.45, 7) is 1.16. The number of anilines is 1. The fourth-order valence-corrected chi connectivity index (χ4v) is 1.44. The number of halogens is 1. The van der Waals surface area contributed by atoms with E-state index in [0.717, 1.165) is 5.56 Å². The minimum Gasteiger partial charge on any atom is -0.395 e. The van der Waals surface area contributed by atoms with Crippen molar-refractivity contribution in [3.8, 4) is 0 Å². The molecule has 1 aromatic rings. The lowest BCUT2D eigenvalue weighted by atomic mass is 10.2. The van der Waals surface area contributed by atoms with Crippen LogP contribution in [0.4, 0.5) is 10.1 Å². The van der Waals surface area contributed by atoms with Crippen LogP contribution in [-0.2, 0) is 6.54 Å². The topological polar surface area (TPSA) is 35.5 Å². The Morgan fingerprint density at radius 2 is 2.20 bits per heavy atom. The Morgan fingerprint density at radius 1 is 1.47 bits per heavy atom. The molecule has 1 rings (SSSR count). The quantitative estimate of drug-likeness (QED) is 0.763. The van der Waals surface area contributed by atoms with Crippen molar-refractivity contribution >= 4 is 5.69 Å². The summed E-state index contributed by atoms with van der Waals surface area (Å²) in [7, 11) is 3.61. The zero-order chi connectivity index (χ0) is 11.3. The average Bonchev–Trinajstić information content (AvgIpc) is 2.21. The van der Waals surface area contributed by atoms with Crippen LogP contribution in [0.1, 0.15) is 5.56 Å². The Hall–Kier alpha value is -1.13. The van der Waals surface area contributed by atoms with E-state index in [-0.39, 0.29) is 12.4 Å². The van der Waals surface area contributed by atoms with Crippen molar-refractivity contribution < 1.29 is 9.50 Å². The molecule has 0 bridgehead atoms. The average molecular weight is 212 g/mol. The third-order valence-corrected chi connectivity index (χ3v) is 2.24. The lowest BCUT2D eigenvalue weighted by Gasteiger charge is -2.19. The molecular weight excluding hydrogens is 195 g/mol. The normalized spacial score (nSPS) is 10.4. The first-order valence-corrected chi connectivity index (χ1v) is 4.94. The smallest absolute Gasteiger partial charge is 0.146 e. The van der Waals surface area contributed by atoms with Crippen molar-refractivity contribution in [1.82, 2.24) is 5.32 Å². The summed E-state index contributed by atoms with van der Waals surface area (Å²) < 4.78 is 13.4. The molecule has 0 saturated heterocycles. The van der Waals surface area contributed by atoms with Gasteiger partial charge in [0.15, 0.2) is 0 Å². The number of hydrogen-bond acceptors (Lipinski definition) is 3. The summed E-state index contributed by atoms with van der Waals surface area (Å²) in [5.74, 6) is -0.259. The number of aliphatic hydroxyl groups is 1. The molecule has 3 nitrogen and oxygen atoms in total. The van der Waals surface area contributed by atoms with Crippen molar-refractivity contribution in [1.29, 1.82) is 0 Å². The molecule has 4 heteroatoms. The van der Waals surface area contributed by atoms with E-state index < -0.39 is 0 Å². The van der Waals surface area contributed by atoms with E-state index in [1.54, 1.807) is 24.1 Å². The molecule has 2 N–H and O–H groups in total. The van der Waals surface area contributed by atoms with E-state index in [1.165, 1.54) is 6.07 Å². The summed E-state index contributed by atoms with van der Waals surface area (Å²) in [5, 5.41) is 11.8. The molecule has 0 unspecified atom stereocenters. The molecule has 0 aromatic heterocycles. The Balaban J connectivity index is 2.89. The lowest BCUT2D eigenvalue weighted by Crippen LogP contribution is -2.22. The van der Waals surface area contributed by atoms with Gasteiger partial charge in [0, 0.05) is 20.1 Å². The first-order chi connectivity index (χ1) is 7.19. The lowest BCUT2D eigenvalue weighted by molar-refractivity contribution is 0.303. The zero-order valence-electron chi connectivity index (χ0n) is 9.13. The second-order valence-corrected chi connectivity index (χ2v) is 3.46. The Kier molecular flexibility index (Phi) is 4.52. The van der Waals surface area contributed by atoms with Gasteiger partial charge in [-0.1, -0.05) is 6.07 Å².